The zero-order valence-corrected chi connectivity index (χ0v) is 13.7. The van der Waals surface area contributed by atoms with Crippen LogP contribution in [0.1, 0.15) is 37.5 Å². The van der Waals surface area contributed by atoms with Gasteiger partial charge in [-0.3, -0.25) is 0 Å². The molecule has 4 nitrogen and oxygen atoms in total. The van der Waals surface area contributed by atoms with E-state index in [4.69, 9.17) is 14.2 Å². The largest absolute Gasteiger partial charge is 0.507 e. The normalized spacial score (nSPS) is 12.1. The van der Waals surface area contributed by atoms with Crippen molar-refractivity contribution in [1.82, 2.24) is 0 Å². The van der Waals surface area contributed by atoms with Gasteiger partial charge in [-0.2, -0.15) is 11.8 Å². The van der Waals surface area contributed by atoms with Crippen LogP contribution in [0.4, 0.5) is 0 Å². The lowest BCUT2D eigenvalue weighted by molar-refractivity contribution is 0.316. The fraction of sp³-hybridized carbons (Fsp3) is 0.600. The quantitative estimate of drug-likeness (QED) is 0.786. The smallest absolute Gasteiger partial charge is 0.203 e. The fourth-order valence-electron chi connectivity index (χ4n) is 2.25. The first-order chi connectivity index (χ1) is 9.64. The van der Waals surface area contributed by atoms with Gasteiger partial charge in [0.25, 0.3) is 0 Å². The maximum atomic E-state index is 10.3. The maximum Gasteiger partial charge on any atom is 0.203 e. The lowest BCUT2D eigenvalue weighted by Crippen LogP contribution is -2.03. The van der Waals surface area contributed by atoms with Crippen LogP contribution in [0.5, 0.6) is 23.0 Å². The summed E-state index contributed by atoms with van der Waals surface area (Å²) in [5, 5.41) is 10.5. The standard InChI is InChI=1S/C15H24O4S/c1-6-8-12(20-7-2)13-10(16)9-11(17-3)14(18-4)15(13)19-5/h9,12,16H,6-8H2,1-5H3. The molecule has 1 aromatic rings. The highest BCUT2D eigenvalue weighted by atomic mass is 32.2. The highest BCUT2D eigenvalue weighted by molar-refractivity contribution is 7.99. The lowest BCUT2D eigenvalue weighted by Gasteiger charge is -2.22. The average molecular weight is 300 g/mol. The van der Waals surface area contributed by atoms with Crippen LogP contribution in [0.15, 0.2) is 6.07 Å². The molecule has 1 unspecified atom stereocenters. The minimum Gasteiger partial charge on any atom is -0.507 e. The summed E-state index contributed by atoms with van der Waals surface area (Å²) in [6.07, 6.45) is 2.01. The third kappa shape index (κ3) is 3.45. The van der Waals surface area contributed by atoms with E-state index in [1.165, 1.54) is 0 Å². The number of phenolic OH excluding ortho intramolecular Hbond substituents is 1. The molecular formula is C15H24O4S. The van der Waals surface area contributed by atoms with Gasteiger partial charge >= 0.3 is 0 Å². The molecule has 1 aromatic carbocycles. The molecule has 0 aliphatic rings. The number of ether oxygens (including phenoxy) is 3. The molecule has 20 heavy (non-hydrogen) atoms. The predicted octanol–water partition coefficient (Wildman–Crippen LogP) is 4.01. The van der Waals surface area contributed by atoms with Crippen LogP contribution >= 0.6 is 11.8 Å². The van der Waals surface area contributed by atoms with Crippen molar-refractivity contribution in [1.29, 1.82) is 0 Å². The molecule has 1 N–H and O–H groups in total. The molecule has 0 aromatic heterocycles. The van der Waals surface area contributed by atoms with Crippen molar-refractivity contribution < 1.29 is 19.3 Å². The van der Waals surface area contributed by atoms with E-state index in [1.807, 2.05) is 0 Å². The van der Waals surface area contributed by atoms with Gasteiger partial charge in [0.2, 0.25) is 5.75 Å². The van der Waals surface area contributed by atoms with Crippen molar-refractivity contribution in [3.63, 3.8) is 0 Å². The van der Waals surface area contributed by atoms with Crippen LogP contribution in [0.2, 0.25) is 0 Å². The molecule has 0 bridgehead atoms. The molecule has 5 heteroatoms. The zero-order valence-electron chi connectivity index (χ0n) is 12.9. The predicted molar refractivity (Wildman–Crippen MR) is 83.5 cm³/mol. The highest BCUT2D eigenvalue weighted by Gasteiger charge is 2.26. The third-order valence-electron chi connectivity index (χ3n) is 3.09. The van der Waals surface area contributed by atoms with E-state index in [0.29, 0.717) is 17.2 Å². The number of rotatable bonds is 8. The third-order valence-corrected chi connectivity index (χ3v) is 4.29. The first-order valence-electron chi connectivity index (χ1n) is 6.77. The van der Waals surface area contributed by atoms with E-state index >= 15 is 0 Å². The van der Waals surface area contributed by atoms with Crippen LogP contribution in [0.25, 0.3) is 0 Å². The summed E-state index contributed by atoms with van der Waals surface area (Å²) in [6.45, 7) is 4.24. The second-order valence-electron chi connectivity index (χ2n) is 4.31. The van der Waals surface area contributed by atoms with Gasteiger partial charge in [-0.05, 0) is 12.2 Å². The lowest BCUT2D eigenvalue weighted by atomic mass is 10.0. The average Bonchev–Trinajstić information content (AvgIpc) is 2.45. The Morgan fingerprint density at radius 1 is 1.10 bits per heavy atom. The van der Waals surface area contributed by atoms with Gasteiger partial charge in [0.05, 0.1) is 26.9 Å². The number of benzene rings is 1. The number of hydrogen-bond donors (Lipinski definition) is 1. The minimum absolute atomic E-state index is 0.180. The number of thioether (sulfide) groups is 1. The molecule has 1 atom stereocenters. The van der Waals surface area contributed by atoms with E-state index in [0.717, 1.165) is 24.2 Å². The van der Waals surface area contributed by atoms with Crippen LogP contribution in [0, 0.1) is 0 Å². The van der Waals surface area contributed by atoms with Gasteiger partial charge in [-0.1, -0.05) is 20.3 Å². The molecule has 0 amide bonds. The van der Waals surface area contributed by atoms with Gasteiger partial charge < -0.3 is 19.3 Å². The summed E-state index contributed by atoms with van der Waals surface area (Å²) < 4.78 is 16.1. The number of hydrogen-bond acceptors (Lipinski definition) is 5. The summed E-state index contributed by atoms with van der Waals surface area (Å²) in [5.74, 6) is 2.73. The molecule has 0 heterocycles. The van der Waals surface area contributed by atoms with E-state index in [2.05, 4.69) is 13.8 Å². The van der Waals surface area contributed by atoms with Crippen LogP contribution in [0.3, 0.4) is 0 Å². The molecule has 0 aliphatic carbocycles. The van der Waals surface area contributed by atoms with Crippen molar-refractivity contribution in [3.05, 3.63) is 11.6 Å². The van der Waals surface area contributed by atoms with Crippen LogP contribution in [-0.2, 0) is 0 Å². The Morgan fingerprint density at radius 2 is 1.75 bits per heavy atom. The minimum atomic E-state index is 0.180. The molecule has 0 aliphatic heterocycles. The molecule has 0 saturated carbocycles. The van der Waals surface area contributed by atoms with Crippen molar-refractivity contribution in [2.24, 2.45) is 0 Å². The fourth-order valence-corrected chi connectivity index (χ4v) is 3.45. The van der Waals surface area contributed by atoms with Crippen LogP contribution < -0.4 is 14.2 Å². The number of phenols is 1. The second kappa shape index (κ2) is 8.15. The first kappa shape index (κ1) is 16.8. The van der Waals surface area contributed by atoms with Gasteiger partial charge in [-0.15, -0.1) is 0 Å². The molecule has 0 saturated heterocycles. The van der Waals surface area contributed by atoms with E-state index < -0.39 is 0 Å². The van der Waals surface area contributed by atoms with Crippen molar-refractivity contribution in [2.75, 3.05) is 27.1 Å². The van der Waals surface area contributed by atoms with Crippen molar-refractivity contribution in [2.45, 2.75) is 31.9 Å². The summed E-state index contributed by atoms with van der Waals surface area (Å²) in [7, 11) is 4.70. The van der Waals surface area contributed by atoms with E-state index in [-0.39, 0.29) is 11.0 Å². The highest BCUT2D eigenvalue weighted by Crippen LogP contribution is 2.51. The van der Waals surface area contributed by atoms with Gasteiger partial charge in [0, 0.05) is 11.3 Å². The van der Waals surface area contributed by atoms with Crippen LogP contribution in [-0.4, -0.2) is 32.2 Å². The van der Waals surface area contributed by atoms with Crippen molar-refractivity contribution in [3.8, 4) is 23.0 Å². The Hall–Kier alpha value is -1.23. The van der Waals surface area contributed by atoms with E-state index in [9.17, 15) is 5.11 Å². The van der Waals surface area contributed by atoms with Gasteiger partial charge in [0.1, 0.15) is 5.75 Å². The molecule has 114 valence electrons. The van der Waals surface area contributed by atoms with Crippen molar-refractivity contribution >= 4 is 11.8 Å². The first-order valence-corrected chi connectivity index (χ1v) is 7.82. The summed E-state index contributed by atoms with van der Waals surface area (Å²) in [4.78, 5) is 0. The Bertz CT molecular complexity index is 428. The Kier molecular flexibility index (Phi) is 6.85. The molecule has 1 rings (SSSR count). The monoisotopic (exact) mass is 300 g/mol. The Balaban J connectivity index is 3.42. The SMILES string of the molecule is CCCC(SCC)c1c(O)cc(OC)c(OC)c1OC. The number of aromatic hydroxyl groups is 1. The Labute approximate surface area is 125 Å². The zero-order chi connectivity index (χ0) is 15.1. The summed E-state index contributed by atoms with van der Waals surface area (Å²) >= 11 is 1.79. The number of methoxy groups -OCH3 is 3. The maximum absolute atomic E-state index is 10.3. The van der Waals surface area contributed by atoms with Gasteiger partial charge in [0.15, 0.2) is 11.5 Å². The molecule has 0 radical (unpaired) electrons. The second-order valence-corrected chi connectivity index (χ2v) is 5.79. The van der Waals surface area contributed by atoms with E-state index in [1.54, 1.807) is 39.2 Å². The Morgan fingerprint density at radius 3 is 2.20 bits per heavy atom. The molecule has 0 spiro atoms. The van der Waals surface area contributed by atoms with Gasteiger partial charge in [-0.25, -0.2) is 0 Å². The molecular weight excluding hydrogens is 276 g/mol. The summed E-state index contributed by atoms with van der Waals surface area (Å²) in [6, 6.07) is 1.59. The summed E-state index contributed by atoms with van der Waals surface area (Å²) in [5.41, 5.74) is 0.791. The molecule has 0 fully saturated rings. The topological polar surface area (TPSA) is 47.9 Å².